The largest absolute Gasteiger partial charge is 0.351 e. The van der Waals surface area contributed by atoms with Crippen LogP contribution in [0.3, 0.4) is 0 Å². The summed E-state index contributed by atoms with van der Waals surface area (Å²) in [4.78, 5) is 2.36. The molecule has 0 saturated carbocycles. The summed E-state index contributed by atoms with van der Waals surface area (Å²) in [5.74, 6) is 0.476. The van der Waals surface area contributed by atoms with Crippen LogP contribution in [-0.4, -0.2) is 23.7 Å². The molecule has 0 radical (unpaired) electrons. The quantitative estimate of drug-likeness (QED) is 0.775. The van der Waals surface area contributed by atoms with Crippen LogP contribution in [0.5, 0.6) is 0 Å². The zero-order valence-electron chi connectivity index (χ0n) is 11.5. The average Bonchev–Trinajstić information content (AvgIpc) is 2.56. The second-order valence-electron chi connectivity index (χ2n) is 5.51. The van der Waals surface area contributed by atoms with Crippen molar-refractivity contribution in [2.24, 2.45) is 5.92 Å². The van der Waals surface area contributed by atoms with Crippen molar-refractivity contribution >= 4 is 0 Å². The minimum Gasteiger partial charge on any atom is -0.351 e. The first kappa shape index (κ1) is 12.6. The fourth-order valence-corrected chi connectivity index (χ4v) is 2.58. The molecule has 0 aromatic heterocycles. The zero-order valence-corrected chi connectivity index (χ0v) is 11.5. The molecule has 2 nitrogen and oxygen atoms in total. The molecule has 2 heteroatoms. The molecule has 1 aromatic rings. The van der Waals surface area contributed by atoms with Crippen LogP contribution in [0.15, 0.2) is 30.3 Å². The number of ether oxygens (including phenoxy) is 1. The summed E-state index contributed by atoms with van der Waals surface area (Å²) in [6.45, 7) is 8.87. The molecule has 0 bridgehead atoms. The molecular weight excluding hydrogens is 210 g/mol. The van der Waals surface area contributed by atoms with Crippen LogP contribution in [-0.2, 0) is 4.74 Å². The van der Waals surface area contributed by atoms with Crippen LogP contribution >= 0.6 is 0 Å². The van der Waals surface area contributed by atoms with Crippen LogP contribution < -0.4 is 0 Å². The van der Waals surface area contributed by atoms with Gasteiger partial charge in [0.1, 0.15) is 11.8 Å². The molecule has 1 aliphatic rings. The normalized spacial score (nSPS) is 34.5. The van der Waals surface area contributed by atoms with Crippen molar-refractivity contribution in [2.45, 2.75) is 45.6 Å². The zero-order chi connectivity index (χ0) is 12.6. The lowest BCUT2D eigenvalue weighted by atomic mass is 10.00. The van der Waals surface area contributed by atoms with E-state index in [2.05, 4.69) is 70.0 Å². The van der Waals surface area contributed by atoms with Gasteiger partial charge in [-0.1, -0.05) is 44.2 Å². The molecule has 3 atom stereocenters. The highest BCUT2D eigenvalue weighted by Crippen LogP contribution is 2.43. The molecule has 17 heavy (non-hydrogen) atoms. The third-order valence-electron chi connectivity index (χ3n) is 4.31. The van der Waals surface area contributed by atoms with Gasteiger partial charge < -0.3 is 4.74 Å². The third-order valence-corrected chi connectivity index (χ3v) is 4.31. The van der Waals surface area contributed by atoms with Gasteiger partial charge >= 0.3 is 0 Å². The molecule has 0 amide bonds. The Morgan fingerprint density at radius 3 is 2.29 bits per heavy atom. The van der Waals surface area contributed by atoms with E-state index in [1.54, 1.807) is 0 Å². The van der Waals surface area contributed by atoms with Gasteiger partial charge in [-0.3, -0.25) is 4.90 Å². The van der Waals surface area contributed by atoms with Gasteiger partial charge in [0.25, 0.3) is 0 Å². The van der Waals surface area contributed by atoms with Crippen molar-refractivity contribution in [2.75, 3.05) is 7.05 Å². The molecule has 1 heterocycles. The van der Waals surface area contributed by atoms with Crippen molar-refractivity contribution in [3.05, 3.63) is 35.9 Å². The fourth-order valence-electron chi connectivity index (χ4n) is 2.58. The molecule has 1 fully saturated rings. The summed E-state index contributed by atoms with van der Waals surface area (Å²) >= 11 is 0. The number of hydrogen-bond donors (Lipinski definition) is 0. The summed E-state index contributed by atoms with van der Waals surface area (Å²) in [7, 11) is 2.16. The van der Waals surface area contributed by atoms with E-state index in [1.807, 2.05) is 0 Å². The molecule has 1 aliphatic heterocycles. The lowest BCUT2D eigenvalue weighted by Gasteiger charge is -2.36. The van der Waals surface area contributed by atoms with Crippen LogP contribution in [0, 0.1) is 5.92 Å². The highest BCUT2D eigenvalue weighted by Gasteiger charge is 2.48. The molecule has 1 saturated heterocycles. The monoisotopic (exact) mass is 233 g/mol. The second kappa shape index (κ2) is 4.43. The summed E-state index contributed by atoms with van der Waals surface area (Å²) in [6, 6.07) is 10.9. The van der Waals surface area contributed by atoms with Gasteiger partial charge in [0.2, 0.25) is 0 Å². The van der Waals surface area contributed by atoms with Gasteiger partial charge in [-0.25, -0.2) is 0 Å². The number of hydrogen-bond acceptors (Lipinski definition) is 2. The van der Waals surface area contributed by atoms with Crippen LogP contribution in [0.25, 0.3) is 0 Å². The Bertz CT molecular complexity index is 376. The fraction of sp³-hybridized carbons (Fsp3) is 0.600. The SMILES string of the molecule is CC(C)[C@]1(C)O[C@@H](c2ccccc2)[C@H](C)N1C. The van der Waals surface area contributed by atoms with E-state index in [9.17, 15) is 0 Å². The topological polar surface area (TPSA) is 12.5 Å². The summed E-state index contributed by atoms with van der Waals surface area (Å²) in [6.07, 6.45) is 0.175. The first-order chi connectivity index (χ1) is 7.97. The highest BCUT2D eigenvalue weighted by molar-refractivity contribution is 5.20. The Hall–Kier alpha value is -0.860. The van der Waals surface area contributed by atoms with Crippen molar-refractivity contribution in [3.8, 4) is 0 Å². The lowest BCUT2D eigenvalue weighted by Crippen LogP contribution is -2.46. The first-order valence-electron chi connectivity index (χ1n) is 6.42. The van der Waals surface area contributed by atoms with Crippen LogP contribution in [0.2, 0.25) is 0 Å². The van der Waals surface area contributed by atoms with Crippen LogP contribution in [0.4, 0.5) is 0 Å². The van der Waals surface area contributed by atoms with Crippen molar-refractivity contribution in [1.29, 1.82) is 0 Å². The van der Waals surface area contributed by atoms with Gasteiger partial charge in [0, 0.05) is 6.04 Å². The molecule has 1 aromatic carbocycles. The van der Waals surface area contributed by atoms with E-state index < -0.39 is 0 Å². The summed E-state index contributed by atoms with van der Waals surface area (Å²) in [5, 5.41) is 0. The minimum atomic E-state index is -0.167. The second-order valence-corrected chi connectivity index (χ2v) is 5.51. The molecule has 0 aliphatic carbocycles. The average molecular weight is 233 g/mol. The Morgan fingerprint density at radius 2 is 1.82 bits per heavy atom. The predicted octanol–water partition coefficient (Wildman–Crippen LogP) is 3.45. The van der Waals surface area contributed by atoms with E-state index in [0.29, 0.717) is 12.0 Å². The van der Waals surface area contributed by atoms with Gasteiger partial charge in [-0.05, 0) is 32.4 Å². The van der Waals surface area contributed by atoms with E-state index in [0.717, 1.165) is 0 Å². The number of benzene rings is 1. The molecule has 0 N–H and O–H groups in total. The maximum Gasteiger partial charge on any atom is 0.122 e. The minimum absolute atomic E-state index is 0.167. The lowest BCUT2D eigenvalue weighted by molar-refractivity contribution is -0.115. The first-order valence-corrected chi connectivity index (χ1v) is 6.42. The number of nitrogens with zero attached hydrogens (tertiary/aromatic N) is 1. The molecule has 0 spiro atoms. The molecule has 94 valence electrons. The van der Waals surface area contributed by atoms with Gasteiger partial charge in [0.15, 0.2) is 0 Å². The van der Waals surface area contributed by atoms with Crippen molar-refractivity contribution < 1.29 is 4.74 Å². The standard InChI is InChI=1S/C15H23NO/c1-11(2)15(4)16(5)12(3)14(17-15)13-9-7-6-8-10-13/h6-12,14H,1-5H3/t12-,14+,15-/m0/s1. The maximum atomic E-state index is 6.35. The third kappa shape index (κ3) is 2.00. The number of likely N-dealkylation sites (N-methyl/N-ethyl adjacent to an activating group) is 1. The van der Waals surface area contributed by atoms with E-state index >= 15 is 0 Å². The Balaban J connectivity index is 2.29. The van der Waals surface area contributed by atoms with E-state index in [-0.39, 0.29) is 11.8 Å². The van der Waals surface area contributed by atoms with E-state index in [4.69, 9.17) is 4.74 Å². The Morgan fingerprint density at radius 1 is 1.24 bits per heavy atom. The Labute approximate surface area is 105 Å². The smallest absolute Gasteiger partial charge is 0.122 e. The van der Waals surface area contributed by atoms with Crippen molar-refractivity contribution in [3.63, 3.8) is 0 Å². The van der Waals surface area contributed by atoms with Gasteiger partial charge in [-0.15, -0.1) is 0 Å². The molecular formula is C15H23NO. The summed E-state index contributed by atoms with van der Waals surface area (Å²) < 4.78 is 6.35. The maximum absolute atomic E-state index is 6.35. The number of rotatable bonds is 2. The Kier molecular flexibility index (Phi) is 3.28. The van der Waals surface area contributed by atoms with Gasteiger partial charge in [0.05, 0.1) is 0 Å². The highest BCUT2D eigenvalue weighted by atomic mass is 16.5. The van der Waals surface area contributed by atoms with Crippen molar-refractivity contribution in [1.82, 2.24) is 4.90 Å². The summed E-state index contributed by atoms with van der Waals surface area (Å²) in [5.41, 5.74) is 1.11. The predicted molar refractivity (Wildman–Crippen MR) is 70.7 cm³/mol. The van der Waals surface area contributed by atoms with Crippen LogP contribution in [0.1, 0.15) is 39.4 Å². The van der Waals surface area contributed by atoms with Gasteiger partial charge in [-0.2, -0.15) is 0 Å². The molecule has 2 rings (SSSR count). The molecule has 0 unspecified atom stereocenters. The van der Waals surface area contributed by atoms with E-state index in [1.165, 1.54) is 5.56 Å².